The SMILES string of the molecule is Cc1nccc(-c2c(-c3ccc(F)cc3)nc3n2C(CO)CC3)n1. The summed E-state index contributed by atoms with van der Waals surface area (Å²) in [6, 6.07) is 8.14. The van der Waals surface area contributed by atoms with Gasteiger partial charge in [0, 0.05) is 18.2 Å². The van der Waals surface area contributed by atoms with E-state index in [-0.39, 0.29) is 18.5 Å². The lowest BCUT2D eigenvalue weighted by Gasteiger charge is -2.15. The smallest absolute Gasteiger partial charge is 0.125 e. The Labute approximate surface area is 138 Å². The summed E-state index contributed by atoms with van der Waals surface area (Å²) in [5.41, 5.74) is 3.22. The number of aliphatic hydroxyl groups is 1. The molecule has 0 saturated heterocycles. The molecule has 0 radical (unpaired) electrons. The van der Waals surface area contributed by atoms with E-state index >= 15 is 0 Å². The number of imidazole rings is 1. The van der Waals surface area contributed by atoms with Crippen LogP contribution in [0.1, 0.15) is 24.1 Å². The number of hydrogen-bond acceptors (Lipinski definition) is 4. The summed E-state index contributed by atoms with van der Waals surface area (Å²) >= 11 is 0. The molecule has 0 aliphatic carbocycles. The van der Waals surface area contributed by atoms with Crippen LogP contribution in [0.2, 0.25) is 0 Å². The van der Waals surface area contributed by atoms with Crippen LogP contribution in [-0.4, -0.2) is 31.2 Å². The maximum Gasteiger partial charge on any atom is 0.125 e. The third-order valence-electron chi connectivity index (χ3n) is 4.40. The molecule has 1 unspecified atom stereocenters. The van der Waals surface area contributed by atoms with Crippen LogP contribution in [0.4, 0.5) is 4.39 Å². The summed E-state index contributed by atoms with van der Waals surface area (Å²) in [6.45, 7) is 1.90. The zero-order valence-electron chi connectivity index (χ0n) is 13.3. The topological polar surface area (TPSA) is 63.8 Å². The minimum absolute atomic E-state index is 0.00744. The molecule has 1 atom stereocenters. The summed E-state index contributed by atoms with van der Waals surface area (Å²) in [7, 11) is 0. The highest BCUT2D eigenvalue weighted by atomic mass is 19.1. The first-order valence-electron chi connectivity index (χ1n) is 7.95. The Morgan fingerprint density at radius 1 is 1.21 bits per heavy atom. The fraction of sp³-hybridized carbons (Fsp3) is 0.278. The third kappa shape index (κ3) is 2.39. The van der Waals surface area contributed by atoms with Gasteiger partial charge in [-0.2, -0.15) is 0 Å². The average Bonchev–Trinajstić information content (AvgIpc) is 3.14. The first kappa shape index (κ1) is 15.0. The molecule has 6 heteroatoms. The summed E-state index contributed by atoms with van der Waals surface area (Å²) in [5, 5.41) is 9.72. The monoisotopic (exact) mass is 324 g/mol. The summed E-state index contributed by atoms with van der Waals surface area (Å²) in [6.07, 6.45) is 3.39. The normalized spacial score (nSPS) is 16.4. The van der Waals surface area contributed by atoms with Crippen LogP contribution in [0, 0.1) is 12.7 Å². The first-order chi connectivity index (χ1) is 11.7. The van der Waals surface area contributed by atoms with Gasteiger partial charge in [0.1, 0.15) is 17.5 Å². The van der Waals surface area contributed by atoms with Crippen molar-refractivity contribution in [1.29, 1.82) is 0 Å². The second kappa shape index (κ2) is 5.79. The maximum absolute atomic E-state index is 13.3. The first-order valence-corrected chi connectivity index (χ1v) is 7.95. The molecule has 0 saturated carbocycles. The van der Waals surface area contributed by atoms with Gasteiger partial charge in [-0.25, -0.2) is 19.3 Å². The van der Waals surface area contributed by atoms with Gasteiger partial charge in [0.15, 0.2) is 0 Å². The molecule has 2 aromatic heterocycles. The van der Waals surface area contributed by atoms with E-state index in [1.165, 1.54) is 12.1 Å². The second-order valence-electron chi connectivity index (χ2n) is 5.97. The van der Waals surface area contributed by atoms with Gasteiger partial charge in [-0.15, -0.1) is 0 Å². The fourth-order valence-electron chi connectivity index (χ4n) is 3.29. The average molecular weight is 324 g/mol. The number of fused-ring (bicyclic) bond motifs is 1. The second-order valence-corrected chi connectivity index (χ2v) is 5.97. The summed E-state index contributed by atoms with van der Waals surface area (Å²) < 4.78 is 15.3. The van der Waals surface area contributed by atoms with E-state index in [2.05, 4.69) is 14.5 Å². The molecule has 0 fully saturated rings. The molecule has 4 rings (SSSR count). The van der Waals surface area contributed by atoms with Gasteiger partial charge in [0.2, 0.25) is 0 Å². The van der Waals surface area contributed by atoms with Crippen molar-refractivity contribution in [2.24, 2.45) is 0 Å². The van der Waals surface area contributed by atoms with Crippen molar-refractivity contribution >= 4 is 0 Å². The molecular weight excluding hydrogens is 307 g/mol. The van der Waals surface area contributed by atoms with Crippen LogP contribution in [0.3, 0.4) is 0 Å². The van der Waals surface area contributed by atoms with Crippen molar-refractivity contribution in [3.63, 3.8) is 0 Å². The fourth-order valence-corrected chi connectivity index (χ4v) is 3.29. The molecule has 122 valence electrons. The van der Waals surface area contributed by atoms with Crippen molar-refractivity contribution in [2.45, 2.75) is 25.8 Å². The quantitative estimate of drug-likeness (QED) is 0.804. The Balaban J connectivity index is 1.96. The van der Waals surface area contributed by atoms with E-state index in [0.717, 1.165) is 41.3 Å². The van der Waals surface area contributed by atoms with Crippen molar-refractivity contribution in [3.8, 4) is 22.6 Å². The molecule has 0 spiro atoms. The van der Waals surface area contributed by atoms with Crippen molar-refractivity contribution < 1.29 is 9.50 Å². The van der Waals surface area contributed by atoms with Crippen LogP contribution < -0.4 is 0 Å². The Bertz CT molecular complexity index is 889. The number of aryl methyl sites for hydroxylation is 2. The van der Waals surface area contributed by atoms with E-state index < -0.39 is 0 Å². The van der Waals surface area contributed by atoms with Gasteiger partial charge in [0.05, 0.1) is 29.7 Å². The molecule has 1 aliphatic rings. The van der Waals surface area contributed by atoms with Crippen LogP contribution in [-0.2, 0) is 6.42 Å². The molecule has 0 bridgehead atoms. The Morgan fingerprint density at radius 3 is 2.71 bits per heavy atom. The highest BCUT2D eigenvalue weighted by Gasteiger charge is 2.30. The number of hydrogen-bond donors (Lipinski definition) is 1. The minimum Gasteiger partial charge on any atom is -0.394 e. The van der Waals surface area contributed by atoms with E-state index in [4.69, 9.17) is 4.98 Å². The number of nitrogens with zero attached hydrogens (tertiary/aromatic N) is 4. The van der Waals surface area contributed by atoms with Crippen LogP contribution in [0.15, 0.2) is 36.5 Å². The Morgan fingerprint density at radius 2 is 2.00 bits per heavy atom. The molecular formula is C18H17FN4O. The number of aliphatic hydroxyl groups excluding tert-OH is 1. The predicted molar refractivity (Wildman–Crippen MR) is 87.8 cm³/mol. The van der Waals surface area contributed by atoms with Gasteiger partial charge in [0.25, 0.3) is 0 Å². The van der Waals surface area contributed by atoms with Crippen LogP contribution in [0.25, 0.3) is 22.6 Å². The van der Waals surface area contributed by atoms with Crippen LogP contribution >= 0.6 is 0 Å². The molecule has 1 N–H and O–H groups in total. The highest BCUT2D eigenvalue weighted by Crippen LogP contribution is 2.38. The van der Waals surface area contributed by atoms with E-state index in [9.17, 15) is 9.50 Å². The van der Waals surface area contributed by atoms with Gasteiger partial charge >= 0.3 is 0 Å². The molecule has 0 amide bonds. The molecule has 5 nitrogen and oxygen atoms in total. The minimum atomic E-state index is -0.279. The van der Waals surface area contributed by atoms with E-state index in [1.807, 2.05) is 13.0 Å². The van der Waals surface area contributed by atoms with Crippen LogP contribution in [0.5, 0.6) is 0 Å². The van der Waals surface area contributed by atoms with Gasteiger partial charge < -0.3 is 9.67 Å². The Kier molecular flexibility index (Phi) is 3.61. The zero-order chi connectivity index (χ0) is 16.7. The molecule has 24 heavy (non-hydrogen) atoms. The third-order valence-corrected chi connectivity index (χ3v) is 4.40. The van der Waals surface area contributed by atoms with Crippen molar-refractivity contribution in [1.82, 2.24) is 19.5 Å². The number of benzene rings is 1. The van der Waals surface area contributed by atoms with Gasteiger partial charge in [-0.1, -0.05) is 0 Å². The highest BCUT2D eigenvalue weighted by molar-refractivity contribution is 5.77. The molecule has 3 aromatic rings. The number of halogens is 1. The Hall–Kier alpha value is -2.60. The van der Waals surface area contributed by atoms with Gasteiger partial charge in [-0.05, 0) is 43.7 Å². The standard InChI is InChI=1S/C18H17FN4O/c1-11-20-9-8-15(21-11)18-17(12-2-4-13(19)5-3-12)22-16-7-6-14(10-24)23(16)18/h2-5,8-9,14,24H,6-7,10H2,1H3. The molecule has 3 heterocycles. The lowest BCUT2D eigenvalue weighted by atomic mass is 10.1. The largest absolute Gasteiger partial charge is 0.394 e. The summed E-state index contributed by atoms with van der Waals surface area (Å²) in [4.78, 5) is 13.5. The lowest BCUT2D eigenvalue weighted by Crippen LogP contribution is -2.10. The zero-order valence-corrected chi connectivity index (χ0v) is 13.3. The summed E-state index contributed by atoms with van der Waals surface area (Å²) in [5.74, 6) is 1.32. The lowest BCUT2D eigenvalue weighted by molar-refractivity contribution is 0.234. The van der Waals surface area contributed by atoms with E-state index in [0.29, 0.717) is 5.82 Å². The molecule has 1 aliphatic heterocycles. The predicted octanol–water partition coefficient (Wildman–Crippen LogP) is 2.93. The van der Waals surface area contributed by atoms with Gasteiger partial charge in [-0.3, -0.25) is 0 Å². The molecule has 1 aromatic carbocycles. The van der Waals surface area contributed by atoms with Crippen molar-refractivity contribution in [2.75, 3.05) is 6.61 Å². The number of rotatable bonds is 3. The number of aromatic nitrogens is 4. The maximum atomic E-state index is 13.3. The van der Waals surface area contributed by atoms with Crippen molar-refractivity contribution in [3.05, 3.63) is 54.0 Å². The van der Waals surface area contributed by atoms with E-state index in [1.54, 1.807) is 18.3 Å².